The molecule has 1 aromatic carbocycles. The molecule has 6 heteroatoms. The molecule has 5 nitrogen and oxygen atoms in total. The van der Waals surface area contributed by atoms with Crippen LogP contribution in [-0.2, 0) is 11.8 Å². The minimum absolute atomic E-state index is 0.141. The fraction of sp³-hybridized carbons (Fsp3) is 0.353. The molecule has 0 fully saturated rings. The third-order valence-electron chi connectivity index (χ3n) is 3.59. The first-order chi connectivity index (χ1) is 10.9. The van der Waals surface area contributed by atoms with Crippen molar-refractivity contribution in [3.05, 3.63) is 53.6 Å². The summed E-state index contributed by atoms with van der Waals surface area (Å²) in [5, 5.41) is 16.1. The first-order valence-corrected chi connectivity index (χ1v) is 7.65. The van der Waals surface area contributed by atoms with Crippen LogP contribution in [0.1, 0.15) is 32.2 Å². The van der Waals surface area contributed by atoms with Crippen LogP contribution in [0, 0.1) is 5.82 Å². The smallest absolute Gasteiger partial charge is 0.178 e. The summed E-state index contributed by atoms with van der Waals surface area (Å²) in [5.74, 6) is 1.36. The summed E-state index contributed by atoms with van der Waals surface area (Å²) in [4.78, 5) is 0. The lowest BCUT2D eigenvalue weighted by atomic mass is 9.96. The fourth-order valence-electron chi connectivity index (χ4n) is 2.38. The van der Waals surface area contributed by atoms with E-state index in [0.29, 0.717) is 18.5 Å². The van der Waals surface area contributed by atoms with Gasteiger partial charge in [-0.05, 0) is 30.2 Å². The molecule has 0 aliphatic heterocycles. The van der Waals surface area contributed by atoms with Gasteiger partial charge in [0, 0.05) is 12.0 Å². The van der Waals surface area contributed by atoms with Gasteiger partial charge >= 0.3 is 0 Å². The molecule has 0 radical (unpaired) electrons. The van der Waals surface area contributed by atoms with Crippen LogP contribution < -0.4 is 5.32 Å². The zero-order valence-electron chi connectivity index (χ0n) is 13.5. The normalized spacial score (nSPS) is 11.8. The van der Waals surface area contributed by atoms with Gasteiger partial charge in [0.05, 0.1) is 0 Å². The summed E-state index contributed by atoms with van der Waals surface area (Å²) >= 11 is 0. The summed E-state index contributed by atoms with van der Waals surface area (Å²) in [6, 6.07) is 10.5. The lowest BCUT2D eigenvalue weighted by molar-refractivity contribution is 0.527. The van der Waals surface area contributed by atoms with Crippen molar-refractivity contribution < 1.29 is 4.39 Å². The number of aromatic nitrogens is 4. The molecule has 0 saturated carbocycles. The predicted molar refractivity (Wildman–Crippen MR) is 88.1 cm³/mol. The molecule has 3 rings (SSSR count). The number of fused-ring (bicyclic) bond motifs is 1. The molecule has 0 saturated heterocycles. The first-order valence-electron chi connectivity index (χ1n) is 7.65. The molecule has 0 aliphatic rings. The Balaban J connectivity index is 1.75. The Hall–Kier alpha value is -2.50. The van der Waals surface area contributed by atoms with Gasteiger partial charge in [0.2, 0.25) is 0 Å². The molecule has 0 spiro atoms. The SMILES string of the molecule is CC(C)(C)c1nnc2ccc(NCCc3ccccc3F)nn12. The number of anilines is 1. The molecule has 0 amide bonds. The van der Waals surface area contributed by atoms with E-state index in [0.717, 1.165) is 17.3 Å². The van der Waals surface area contributed by atoms with E-state index in [1.54, 1.807) is 16.6 Å². The van der Waals surface area contributed by atoms with Gasteiger partial charge in [0.1, 0.15) is 11.6 Å². The third kappa shape index (κ3) is 3.31. The van der Waals surface area contributed by atoms with Crippen LogP contribution in [-0.4, -0.2) is 26.4 Å². The molecular weight excluding hydrogens is 293 g/mol. The van der Waals surface area contributed by atoms with Crippen LogP contribution in [0.3, 0.4) is 0 Å². The second-order valence-corrected chi connectivity index (χ2v) is 6.53. The number of nitrogens with one attached hydrogen (secondary N) is 1. The van der Waals surface area contributed by atoms with Crippen molar-refractivity contribution in [2.45, 2.75) is 32.6 Å². The minimum Gasteiger partial charge on any atom is -0.368 e. The zero-order chi connectivity index (χ0) is 16.4. The lowest BCUT2D eigenvalue weighted by Gasteiger charge is -2.15. The summed E-state index contributed by atoms with van der Waals surface area (Å²) in [7, 11) is 0. The topological polar surface area (TPSA) is 55.1 Å². The molecule has 1 N–H and O–H groups in total. The molecule has 3 aromatic rings. The summed E-state index contributed by atoms with van der Waals surface area (Å²) in [6.07, 6.45) is 0.598. The average Bonchev–Trinajstić information content (AvgIpc) is 2.92. The number of hydrogen-bond donors (Lipinski definition) is 1. The van der Waals surface area contributed by atoms with E-state index >= 15 is 0 Å². The highest BCUT2D eigenvalue weighted by Gasteiger charge is 2.21. The third-order valence-corrected chi connectivity index (χ3v) is 3.59. The molecule has 0 bridgehead atoms. The van der Waals surface area contributed by atoms with E-state index in [-0.39, 0.29) is 11.2 Å². The second-order valence-electron chi connectivity index (χ2n) is 6.53. The first kappa shape index (κ1) is 15.4. The quantitative estimate of drug-likeness (QED) is 0.803. The van der Waals surface area contributed by atoms with Gasteiger partial charge in [-0.2, -0.15) is 4.52 Å². The number of rotatable bonds is 4. The maximum Gasteiger partial charge on any atom is 0.178 e. The molecule has 120 valence electrons. The molecule has 0 atom stereocenters. The van der Waals surface area contributed by atoms with Gasteiger partial charge in [-0.1, -0.05) is 39.0 Å². The van der Waals surface area contributed by atoms with Crippen molar-refractivity contribution in [2.75, 3.05) is 11.9 Å². The highest BCUT2D eigenvalue weighted by molar-refractivity contribution is 5.44. The molecule has 0 unspecified atom stereocenters. The van der Waals surface area contributed by atoms with E-state index in [4.69, 9.17) is 0 Å². The Morgan fingerprint density at radius 1 is 1.09 bits per heavy atom. The molecule has 23 heavy (non-hydrogen) atoms. The fourth-order valence-corrected chi connectivity index (χ4v) is 2.38. The largest absolute Gasteiger partial charge is 0.368 e. The molecule has 2 heterocycles. The van der Waals surface area contributed by atoms with Gasteiger partial charge in [-0.3, -0.25) is 0 Å². The van der Waals surface area contributed by atoms with E-state index in [2.05, 4.69) is 41.4 Å². The summed E-state index contributed by atoms with van der Waals surface area (Å²) in [6.45, 7) is 6.82. The van der Waals surface area contributed by atoms with Crippen molar-refractivity contribution in [3.63, 3.8) is 0 Å². The highest BCUT2D eigenvalue weighted by Crippen LogP contribution is 2.20. The van der Waals surface area contributed by atoms with E-state index in [1.807, 2.05) is 18.2 Å². The van der Waals surface area contributed by atoms with Gasteiger partial charge in [-0.15, -0.1) is 15.3 Å². The van der Waals surface area contributed by atoms with Crippen LogP contribution >= 0.6 is 0 Å². The van der Waals surface area contributed by atoms with Gasteiger partial charge in [0.25, 0.3) is 0 Å². The summed E-state index contributed by atoms with van der Waals surface area (Å²) < 4.78 is 15.4. The Morgan fingerprint density at radius 2 is 1.87 bits per heavy atom. The molecular formula is C17H20FN5. The van der Waals surface area contributed by atoms with Crippen molar-refractivity contribution in [3.8, 4) is 0 Å². The number of benzene rings is 1. The van der Waals surface area contributed by atoms with E-state index < -0.39 is 0 Å². The molecule has 2 aromatic heterocycles. The van der Waals surface area contributed by atoms with Crippen LogP contribution in [0.4, 0.5) is 10.2 Å². The van der Waals surface area contributed by atoms with Gasteiger partial charge in [-0.25, -0.2) is 4.39 Å². The van der Waals surface area contributed by atoms with Gasteiger partial charge < -0.3 is 5.32 Å². The van der Waals surface area contributed by atoms with Crippen molar-refractivity contribution in [1.82, 2.24) is 19.8 Å². The monoisotopic (exact) mass is 313 g/mol. The second kappa shape index (κ2) is 5.95. The predicted octanol–water partition coefficient (Wildman–Crippen LogP) is 3.22. The Kier molecular flexibility index (Phi) is 3.98. The van der Waals surface area contributed by atoms with Crippen molar-refractivity contribution >= 4 is 11.5 Å². The van der Waals surface area contributed by atoms with E-state index in [9.17, 15) is 4.39 Å². The highest BCUT2D eigenvalue weighted by atomic mass is 19.1. The maximum atomic E-state index is 13.6. The Morgan fingerprint density at radius 3 is 2.61 bits per heavy atom. The van der Waals surface area contributed by atoms with Crippen molar-refractivity contribution in [2.24, 2.45) is 0 Å². The van der Waals surface area contributed by atoms with Crippen molar-refractivity contribution in [1.29, 1.82) is 0 Å². The Labute approximate surface area is 134 Å². The number of halogens is 1. The number of hydrogen-bond acceptors (Lipinski definition) is 4. The van der Waals surface area contributed by atoms with Crippen LogP contribution in [0.25, 0.3) is 5.65 Å². The average molecular weight is 313 g/mol. The van der Waals surface area contributed by atoms with Crippen LogP contribution in [0.2, 0.25) is 0 Å². The molecule has 0 aliphatic carbocycles. The zero-order valence-corrected chi connectivity index (χ0v) is 13.5. The van der Waals surface area contributed by atoms with Gasteiger partial charge in [0.15, 0.2) is 11.5 Å². The lowest BCUT2D eigenvalue weighted by Crippen LogP contribution is -2.18. The maximum absolute atomic E-state index is 13.6. The number of nitrogens with zero attached hydrogens (tertiary/aromatic N) is 4. The standard InChI is InChI=1S/C17H20FN5/c1-17(2,3)16-21-20-15-9-8-14(22-23(15)16)19-11-10-12-6-4-5-7-13(12)18/h4-9H,10-11H2,1-3H3,(H,19,22). The Bertz CT molecular complexity index is 819. The minimum atomic E-state index is -0.175. The summed E-state index contributed by atoms with van der Waals surface area (Å²) in [5.41, 5.74) is 1.27. The van der Waals surface area contributed by atoms with E-state index in [1.165, 1.54) is 6.07 Å². The van der Waals surface area contributed by atoms with Crippen LogP contribution in [0.5, 0.6) is 0 Å². The van der Waals surface area contributed by atoms with Crippen LogP contribution in [0.15, 0.2) is 36.4 Å².